The number of carbonyl (C=O) groups excluding carboxylic acids is 1. The Hall–Kier alpha value is -2.26. The van der Waals surface area contributed by atoms with Gasteiger partial charge in [-0.05, 0) is 51.1 Å². The molecular weight excluding hydrogens is 380 g/mol. The lowest BCUT2D eigenvalue weighted by Crippen LogP contribution is -2.41. The highest BCUT2D eigenvalue weighted by Crippen LogP contribution is 2.22. The zero-order valence-electron chi connectivity index (χ0n) is 15.1. The van der Waals surface area contributed by atoms with Gasteiger partial charge in [-0.3, -0.25) is 4.79 Å². The Kier molecular flexibility index (Phi) is 7.09. The van der Waals surface area contributed by atoms with E-state index >= 15 is 0 Å². The third-order valence-corrected chi connectivity index (χ3v) is 4.48. The number of rotatable bonds is 6. The van der Waals surface area contributed by atoms with Crippen molar-refractivity contribution in [3.05, 3.63) is 35.7 Å². The number of hydrogen-bond acceptors (Lipinski definition) is 5. The molecule has 1 aromatic heterocycles. The van der Waals surface area contributed by atoms with Gasteiger partial charge in [0.25, 0.3) is 5.91 Å². The summed E-state index contributed by atoms with van der Waals surface area (Å²) in [6.07, 6.45) is 1.93. The van der Waals surface area contributed by atoms with Gasteiger partial charge in [-0.1, -0.05) is 5.21 Å². The van der Waals surface area contributed by atoms with Crippen molar-refractivity contribution in [3.8, 4) is 11.4 Å². The molecular formula is C17H22ClF2N5O2. The fourth-order valence-corrected chi connectivity index (χ4v) is 3.23. The lowest BCUT2D eigenvalue weighted by atomic mass is 10.2. The molecule has 0 spiro atoms. The molecule has 10 heteroatoms. The fourth-order valence-electron chi connectivity index (χ4n) is 3.23. The van der Waals surface area contributed by atoms with Crippen LogP contribution in [0.5, 0.6) is 5.75 Å². The van der Waals surface area contributed by atoms with Crippen molar-refractivity contribution in [2.45, 2.75) is 32.4 Å². The van der Waals surface area contributed by atoms with Gasteiger partial charge in [-0.25, -0.2) is 4.68 Å². The summed E-state index contributed by atoms with van der Waals surface area (Å²) >= 11 is 0. The second kappa shape index (κ2) is 9.09. The van der Waals surface area contributed by atoms with Crippen LogP contribution < -0.4 is 10.1 Å². The van der Waals surface area contributed by atoms with Gasteiger partial charge in [0.1, 0.15) is 5.75 Å². The first-order valence-corrected chi connectivity index (χ1v) is 8.44. The van der Waals surface area contributed by atoms with E-state index in [4.69, 9.17) is 0 Å². The van der Waals surface area contributed by atoms with Crippen molar-refractivity contribution < 1.29 is 18.3 Å². The minimum atomic E-state index is -2.87. The summed E-state index contributed by atoms with van der Waals surface area (Å²) in [5.74, 6) is -0.0750. The van der Waals surface area contributed by atoms with Crippen LogP contribution in [0.2, 0.25) is 0 Å². The monoisotopic (exact) mass is 401 g/mol. The number of likely N-dealkylation sites (N-methyl/N-ethyl adjacent to an activating group) is 1. The molecule has 1 aromatic carbocycles. The first-order chi connectivity index (χ1) is 12.5. The normalized spacial score (nSPS) is 16.5. The second-order valence-corrected chi connectivity index (χ2v) is 6.16. The molecule has 1 N–H and O–H groups in total. The van der Waals surface area contributed by atoms with E-state index in [1.54, 1.807) is 19.1 Å². The molecule has 0 bridgehead atoms. The number of ether oxygens (including phenoxy) is 1. The van der Waals surface area contributed by atoms with Crippen LogP contribution in [0.25, 0.3) is 5.69 Å². The lowest BCUT2D eigenvalue weighted by Gasteiger charge is -2.23. The molecule has 27 heavy (non-hydrogen) atoms. The molecule has 1 amide bonds. The predicted octanol–water partition coefficient (Wildman–Crippen LogP) is 2.42. The fraction of sp³-hybridized carbons (Fsp3) is 0.471. The molecule has 0 radical (unpaired) electrons. The van der Waals surface area contributed by atoms with Crippen LogP contribution in [0.1, 0.15) is 29.0 Å². The van der Waals surface area contributed by atoms with Crippen LogP contribution in [-0.2, 0) is 0 Å². The van der Waals surface area contributed by atoms with Crippen LogP contribution in [0.3, 0.4) is 0 Å². The number of benzene rings is 1. The van der Waals surface area contributed by atoms with Gasteiger partial charge in [0, 0.05) is 19.1 Å². The number of alkyl halides is 2. The summed E-state index contributed by atoms with van der Waals surface area (Å²) in [6.45, 7) is 0.339. The Bertz CT molecular complexity index is 769. The number of nitrogens with zero attached hydrogens (tertiary/aromatic N) is 4. The summed E-state index contributed by atoms with van der Waals surface area (Å²) < 4.78 is 30.3. The summed E-state index contributed by atoms with van der Waals surface area (Å²) in [7, 11) is 1.86. The van der Waals surface area contributed by atoms with Crippen LogP contribution in [-0.4, -0.2) is 58.6 Å². The molecule has 3 rings (SSSR count). The summed E-state index contributed by atoms with van der Waals surface area (Å²) in [4.78, 5) is 14.7. The van der Waals surface area contributed by atoms with Crippen LogP contribution in [0.4, 0.5) is 8.78 Å². The number of likely N-dealkylation sites (tertiary alicyclic amines) is 1. The van der Waals surface area contributed by atoms with Gasteiger partial charge in [0.15, 0.2) is 5.69 Å². The maximum atomic E-state index is 12.9. The number of aromatic nitrogens is 3. The van der Waals surface area contributed by atoms with E-state index in [-0.39, 0.29) is 30.1 Å². The smallest absolute Gasteiger partial charge is 0.387 e. The zero-order valence-corrected chi connectivity index (χ0v) is 15.9. The van der Waals surface area contributed by atoms with Gasteiger partial charge in [-0.15, -0.1) is 17.5 Å². The van der Waals surface area contributed by atoms with E-state index in [1.807, 2.05) is 11.9 Å². The van der Waals surface area contributed by atoms with E-state index in [0.29, 0.717) is 23.6 Å². The molecule has 0 aliphatic carbocycles. The molecule has 0 saturated carbocycles. The van der Waals surface area contributed by atoms with Crippen molar-refractivity contribution in [1.29, 1.82) is 0 Å². The van der Waals surface area contributed by atoms with Crippen LogP contribution in [0.15, 0.2) is 24.3 Å². The molecule has 2 aromatic rings. The molecule has 148 valence electrons. The molecule has 1 unspecified atom stereocenters. The number of hydrogen-bond donors (Lipinski definition) is 1. The van der Waals surface area contributed by atoms with Gasteiger partial charge in [-0.2, -0.15) is 8.78 Å². The van der Waals surface area contributed by atoms with Crippen molar-refractivity contribution in [1.82, 2.24) is 25.2 Å². The lowest BCUT2D eigenvalue weighted by molar-refractivity contribution is -0.0498. The standard InChI is InChI=1S/C17H21F2N5O2.ClH/c1-11-15(16(25)23-9-3-4-13(23)10-20-2)21-22-24(11)12-5-7-14(8-6-12)26-17(18)19;/h5-8,13,17,20H,3-4,9-10H2,1-2H3;1H. The molecule has 1 aliphatic rings. The average Bonchev–Trinajstić information content (AvgIpc) is 3.22. The number of amides is 1. The molecule has 2 heterocycles. The summed E-state index contributed by atoms with van der Waals surface area (Å²) in [5, 5.41) is 11.2. The Morgan fingerprint density at radius 2 is 2.07 bits per heavy atom. The molecule has 1 saturated heterocycles. The number of halogens is 3. The predicted molar refractivity (Wildman–Crippen MR) is 98.0 cm³/mol. The van der Waals surface area contributed by atoms with Crippen LogP contribution >= 0.6 is 12.4 Å². The van der Waals surface area contributed by atoms with Crippen molar-refractivity contribution in [2.24, 2.45) is 0 Å². The van der Waals surface area contributed by atoms with E-state index in [0.717, 1.165) is 19.4 Å². The highest BCUT2D eigenvalue weighted by atomic mass is 35.5. The maximum absolute atomic E-state index is 12.9. The zero-order chi connectivity index (χ0) is 18.7. The Morgan fingerprint density at radius 3 is 2.70 bits per heavy atom. The average molecular weight is 402 g/mol. The largest absolute Gasteiger partial charge is 0.435 e. The first kappa shape index (κ1) is 21.0. The Labute approximate surface area is 162 Å². The number of carbonyl (C=O) groups is 1. The Morgan fingerprint density at radius 1 is 1.37 bits per heavy atom. The minimum Gasteiger partial charge on any atom is -0.435 e. The van der Waals surface area contributed by atoms with Gasteiger partial charge >= 0.3 is 6.61 Å². The third kappa shape index (κ3) is 4.54. The third-order valence-electron chi connectivity index (χ3n) is 4.48. The molecule has 1 atom stereocenters. The molecule has 7 nitrogen and oxygen atoms in total. The quantitative estimate of drug-likeness (QED) is 0.804. The SMILES string of the molecule is CNCC1CCCN1C(=O)c1nnn(-c2ccc(OC(F)F)cc2)c1C.Cl. The first-order valence-electron chi connectivity index (χ1n) is 8.44. The van der Waals surface area contributed by atoms with Crippen LogP contribution in [0, 0.1) is 6.92 Å². The second-order valence-electron chi connectivity index (χ2n) is 6.16. The van der Waals surface area contributed by atoms with E-state index in [9.17, 15) is 13.6 Å². The number of nitrogens with one attached hydrogen (secondary N) is 1. The molecule has 1 fully saturated rings. The summed E-state index contributed by atoms with van der Waals surface area (Å²) in [5.41, 5.74) is 1.53. The van der Waals surface area contributed by atoms with Gasteiger partial charge in [0.2, 0.25) is 0 Å². The summed E-state index contributed by atoms with van der Waals surface area (Å²) in [6, 6.07) is 6.18. The van der Waals surface area contributed by atoms with E-state index in [2.05, 4.69) is 20.4 Å². The Balaban J connectivity index is 0.00000261. The highest BCUT2D eigenvalue weighted by molar-refractivity contribution is 5.93. The van der Waals surface area contributed by atoms with Crippen molar-refractivity contribution in [3.63, 3.8) is 0 Å². The maximum Gasteiger partial charge on any atom is 0.387 e. The topological polar surface area (TPSA) is 72.3 Å². The minimum absolute atomic E-state index is 0. The van der Waals surface area contributed by atoms with E-state index in [1.165, 1.54) is 16.8 Å². The van der Waals surface area contributed by atoms with Gasteiger partial charge < -0.3 is 15.0 Å². The molecule has 1 aliphatic heterocycles. The highest BCUT2D eigenvalue weighted by Gasteiger charge is 2.31. The van der Waals surface area contributed by atoms with E-state index < -0.39 is 6.61 Å². The van der Waals surface area contributed by atoms with Gasteiger partial charge in [0.05, 0.1) is 11.4 Å². The van der Waals surface area contributed by atoms with Crippen molar-refractivity contribution in [2.75, 3.05) is 20.1 Å². The van der Waals surface area contributed by atoms with Crippen molar-refractivity contribution >= 4 is 18.3 Å².